The number of aliphatic hydroxyl groups is 1. The Labute approximate surface area is 139 Å². The molecule has 0 saturated carbocycles. The number of rotatable bonds is 6. The van der Waals surface area contributed by atoms with E-state index in [2.05, 4.69) is 10.3 Å². The summed E-state index contributed by atoms with van der Waals surface area (Å²) < 4.78 is 12.9. The minimum absolute atomic E-state index is 0.0401. The smallest absolute Gasteiger partial charge is 0.263 e. The molecule has 0 fully saturated rings. The van der Waals surface area contributed by atoms with Crippen molar-refractivity contribution >= 4 is 17.2 Å². The van der Waals surface area contributed by atoms with Crippen LogP contribution < -0.4 is 5.32 Å². The highest BCUT2D eigenvalue weighted by molar-refractivity contribution is 7.13. The summed E-state index contributed by atoms with van der Waals surface area (Å²) in [6.07, 6.45) is 2.09. The molecule has 1 unspecified atom stereocenters. The molecule has 0 saturated heterocycles. The zero-order valence-corrected chi connectivity index (χ0v) is 14.3. The van der Waals surface area contributed by atoms with Crippen molar-refractivity contribution in [3.8, 4) is 0 Å². The van der Waals surface area contributed by atoms with E-state index in [0.717, 1.165) is 10.6 Å². The van der Waals surface area contributed by atoms with Gasteiger partial charge in [0.05, 0.1) is 16.8 Å². The van der Waals surface area contributed by atoms with Gasteiger partial charge in [-0.25, -0.2) is 9.37 Å². The maximum absolute atomic E-state index is 12.9. The summed E-state index contributed by atoms with van der Waals surface area (Å²) in [6, 6.07) is 6.22. The Balaban J connectivity index is 1.96. The number of amides is 1. The quantitative estimate of drug-likeness (QED) is 0.852. The molecular formula is C17H21FN2O2S. The van der Waals surface area contributed by atoms with Crippen LogP contribution in [-0.2, 0) is 6.42 Å². The molecule has 6 heteroatoms. The van der Waals surface area contributed by atoms with E-state index in [1.54, 1.807) is 19.1 Å². The van der Waals surface area contributed by atoms with Gasteiger partial charge in [0, 0.05) is 13.0 Å². The Morgan fingerprint density at radius 1 is 1.39 bits per heavy atom. The number of hydrogen-bond donors (Lipinski definition) is 2. The molecule has 0 aliphatic carbocycles. The highest BCUT2D eigenvalue weighted by atomic mass is 32.1. The first-order valence-electron chi connectivity index (χ1n) is 7.47. The third-order valence-electron chi connectivity index (χ3n) is 3.90. The summed E-state index contributed by atoms with van der Waals surface area (Å²) in [4.78, 5) is 16.9. The first-order chi connectivity index (χ1) is 10.8. The van der Waals surface area contributed by atoms with Gasteiger partial charge in [-0.2, -0.15) is 0 Å². The van der Waals surface area contributed by atoms with Crippen LogP contribution in [0.5, 0.6) is 0 Å². The Hall–Kier alpha value is -1.79. The van der Waals surface area contributed by atoms with Gasteiger partial charge in [-0.05, 0) is 30.5 Å². The Morgan fingerprint density at radius 2 is 2.04 bits per heavy atom. The van der Waals surface area contributed by atoms with E-state index < -0.39 is 5.60 Å². The van der Waals surface area contributed by atoms with Crippen molar-refractivity contribution in [1.82, 2.24) is 10.3 Å². The monoisotopic (exact) mass is 336 g/mol. The predicted molar refractivity (Wildman–Crippen MR) is 89.1 cm³/mol. The average Bonchev–Trinajstić information content (AvgIpc) is 2.96. The SMILES string of the molecule is CC(C)C(C)(O)CNC(=O)c1cnc(Cc2ccc(F)cc2)s1. The van der Waals surface area contributed by atoms with Crippen LogP contribution in [0.3, 0.4) is 0 Å². The van der Waals surface area contributed by atoms with Gasteiger partial charge in [0.2, 0.25) is 0 Å². The van der Waals surface area contributed by atoms with Crippen LogP contribution in [0, 0.1) is 11.7 Å². The fraction of sp³-hybridized carbons (Fsp3) is 0.412. The maximum Gasteiger partial charge on any atom is 0.263 e. The van der Waals surface area contributed by atoms with Crippen LogP contribution in [0.25, 0.3) is 0 Å². The summed E-state index contributed by atoms with van der Waals surface area (Å²) in [5, 5.41) is 13.7. The molecule has 4 nitrogen and oxygen atoms in total. The second kappa shape index (κ2) is 7.19. The lowest BCUT2D eigenvalue weighted by Gasteiger charge is -2.27. The van der Waals surface area contributed by atoms with E-state index in [0.29, 0.717) is 11.3 Å². The first kappa shape index (κ1) is 17.6. The van der Waals surface area contributed by atoms with Crippen LogP contribution in [0.15, 0.2) is 30.5 Å². The Morgan fingerprint density at radius 3 is 2.65 bits per heavy atom. The maximum atomic E-state index is 12.9. The van der Waals surface area contributed by atoms with Crippen LogP contribution in [-0.4, -0.2) is 28.1 Å². The van der Waals surface area contributed by atoms with Gasteiger partial charge in [0.1, 0.15) is 10.7 Å². The minimum atomic E-state index is -0.947. The van der Waals surface area contributed by atoms with Gasteiger partial charge in [-0.1, -0.05) is 26.0 Å². The summed E-state index contributed by atoms with van der Waals surface area (Å²) in [6.45, 7) is 5.69. The molecule has 23 heavy (non-hydrogen) atoms. The Bertz CT molecular complexity index is 665. The lowest BCUT2D eigenvalue weighted by Crippen LogP contribution is -2.44. The van der Waals surface area contributed by atoms with Crippen LogP contribution in [0.2, 0.25) is 0 Å². The lowest BCUT2D eigenvalue weighted by molar-refractivity contribution is 0.0143. The summed E-state index contributed by atoms with van der Waals surface area (Å²) >= 11 is 1.30. The largest absolute Gasteiger partial charge is 0.388 e. The molecule has 1 aromatic heterocycles. The molecule has 2 N–H and O–H groups in total. The van der Waals surface area contributed by atoms with Crippen molar-refractivity contribution in [2.45, 2.75) is 32.8 Å². The van der Waals surface area contributed by atoms with Crippen molar-refractivity contribution < 1.29 is 14.3 Å². The number of hydrogen-bond acceptors (Lipinski definition) is 4. The van der Waals surface area contributed by atoms with Crippen molar-refractivity contribution in [2.75, 3.05) is 6.54 Å². The number of benzene rings is 1. The topological polar surface area (TPSA) is 62.2 Å². The predicted octanol–water partition coefficient (Wildman–Crippen LogP) is 3.01. The van der Waals surface area contributed by atoms with E-state index in [4.69, 9.17) is 0 Å². The van der Waals surface area contributed by atoms with E-state index >= 15 is 0 Å². The van der Waals surface area contributed by atoms with E-state index in [1.807, 2.05) is 13.8 Å². The summed E-state index contributed by atoms with van der Waals surface area (Å²) in [5.41, 5.74) is -0.00690. The average molecular weight is 336 g/mol. The summed E-state index contributed by atoms with van der Waals surface area (Å²) in [5.74, 6) is -0.475. The number of carbonyl (C=O) groups is 1. The number of thiazole rings is 1. The van der Waals surface area contributed by atoms with E-state index in [1.165, 1.54) is 29.7 Å². The third-order valence-corrected chi connectivity index (χ3v) is 4.89. The van der Waals surface area contributed by atoms with Crippen molar-refractivity contribution in [2.24, 2.45) is 5.92 Å². The zero-order valence-electron chi connectivity index (χ0n) is 13.5. The van der Waals surface area contributed by atoms with Gasteiger partial charge < -0.3 is 10.4 Å². The standard InChI is InChI=1S/C17H21FN2O2S/c1-11(2)17(3,22)10-20-16(21)14-9-19-15(23-14)8-12-4-6-13(18)7-5-12/h4-7,9,11,22H,8,10H2,1-3H3,(H,20,21). The molecule has 0 aliphatic rings. The summed E-state index contributed by atoms with van der Waals surface area (Å²) in [7, 11) is 0. The van der Waals surface area contributed by atoms with Crippen molar-refractivity contribution in [3.63, 3.8) is 0 Å². The first-order valence-corrected chi connectivity index (χ1v) is 8.29. The van der Waals surface area contributed by atoms with Crippen LogP contribution >= 0.6 is 11.3 Å². The van der Waals surface area contributed by atoms with Crippen LogP contribution in [0.4, 0.5) is 4.39 Å². The molecule has 2 aromatic rings. The second-order valence-corrected chi connectivity index (χ2v) is 7.23. The fourth-order valence-corrected chi connectivity index (χ4v) is 2.69. The van der Waals surface area contributed by atoms with Crippen molar-refractivity contribution in [3.05, 3.63) is 51.7 Å². The highest BCUT2D eigenvalue weighted by Gasteiger charge is 2.25. The molecular weight excluding hydrogens is 315 g/mol. The van der Waals surface area contributed by atoms with Gasteiger partial charge in [0.15, 0.2) is 0 Å². The molecule has 1 aromatic carbocycles. The number of carbonyl (C=O) groups excluding carboxylic acids is 1. The second-order valence-electron chi connectivity index (χ2n) is 6.12. The van der Waals surface area contributed by atoms with Gasteiger partial charge in [0.25, 0.3) is 5.91 Å². The lowest BCUT2D eigenvalue weighted by atomic mass is 9.92. The van der Waals surface area contributed by atoms with E-state index in [-0.39, 0.29) is 24.2 Å². The molecule has 0 spiro atoms. The number of nitrogens with zero attached hydrogens (tertiary/aromatic N) is 1. The molecule has 124 valence electrons. The molecule has 1 heterocycles. The minimum Gasteiger partial charge on any atom is -0.388 e. The molecule has 2 rings (SSSR count). The number of nitrogens with one attached hydrogen (secondary N) is 1. The van der Waals surface area contributed by atoms with Crippen LogP contribution in [0.1, 0.15) is 41.0 Å². The highest BCUT2D eigenvalue weighted by Crippen LogP contribution is 2.18. The molecule has 1 atom stereocenters. The number of halogens is 1. The normalized spacial score (nSPS) is 13.8. The van der Waals surface area contributed by atoms with Crippen molar-refractivity contribution in [1.29, 1.82) is 0 Å². The zero-order chi connectivity index (χ0) is 17.0. The third kappa shape index (κ3) is 4.84. The van der Waals surface area contributed by atoms with Gasteiger partial charge in [-0.15, -0.1) is 11.3 Å². The number of aromatic nitrogens is 1. The molecule has 0 bridgehead atoms. The van der Waals surface area contributed by atoms with E-state index in [9.17, 15) is 14.3 Å². The van der Waals surface area contributed by atoms with Gasteiger partial charge >= 0.3 is 0 Å². The molecule has 1 amide bonds. The van der Waals surface area contributed by atoms with Gasteiger partial charge in [-0.3, -0.25) is 4.79 Å². The molecule has 0 radical (unpaired) electrons. The fourth-order valence-electron chi connectivity index (χ4n) is 1.82. The molecule has 0 aliphatic heterocycles. The Kier molecular flexibility index (Phi) is 5.49.